The Labute approximate surface area is 168 Å². The van der Waals surface area contributed by atoms with Crippen LogP contribution in [0.25, 0.3) is 21.3 Å². The van der Waals surface area contributed by atoms with E-state index in [1.54, 1.807) is 18.2 Å². The van der Waals surface area contributed by atoms with Gasteiger partial charge in [0.15, 0.2) is 11.7 Å². The monoisotopic (exact) mass is 410 g/mol. The average Bonchev–Trinajstić information content (AvgIpc) is 3.07. The van der Waals surface area contributed by atoms with Crippen LogP contribution in [0.4, 0.5) is 9.52 Å². The third-order valence-electron chi connectivity index (χ3n) is 4.24. The van der Waals surface area contributed by atoms with Crippen LogP contribution < -0.4 is 5.32 Å². The Hall–Kier alpha value is -3.46. The highest BCUT2D eigenvalue weighted by molar-refractivity contribution is 7.22. The van der Waals surface area contributed by atoms with Crippen molar-refractivity contribution >= 4 is 49.6 Å². The zero-order chi connectivity index (χ0) is 20.5. The molecule has 0 spiro atoms. The van der Waals surface area contributed by atoms with E-state index in [0.717, 1.165) is 22.7 Å². The summed E-state index contributed by atoms with van der Waals surface area (Å²) in [6.45, 7) is 3.23. The van der Waals surface area contributed by atoms with Crippen molar-refractivity contribution < 1.29 is 18.7 Å². The largest absolute Gasteiger partial charge is 0.452 e. The van der Waals surface area contributed by atoms with Gasteiger partial charge in [0.2, 0.25) is 0 Å². The lowest BCUT2D eigenvalue weighted by Gasteiger charge is -2.06. The molecule has 2 aromatic heterocycles. The first-order valence-electron chi connectivity index (χ1n) is 8.67. The number of hydrogen-bond donors (Lipinski definition) is 1. The van der Waals surface area contributed by atoms with Crippen LogP contribution in [0.3, 0.4) is 0 Å². The molecular formula is C20H15FN4O3S. The van der Waals surface area contributed by atoms with E-state index in [-0.39, 0.29) is 11.4 Å². The highest BCUT2D eigenvalue weighted by Crippen LogP contribution is 2.26. The van der Waals surface area contributed by atoms with Crippen LogP contribution in [0.1, 0.15) is 21.7 Å². The first kappa shape index (κ1) is 18.9. The number of nitrogens with zero attached hydrogens (tertiary/aromatic N) is 3. The molecule has 1 amide bonds. The van der Waals surface area contributed by atoms with Gasteiger partial charge in [-0.1, -0.05) is 11.3 Å². The first-order chi connectivity index (χ1) is 13.9. The van der Waals surface area contributed by atoms with Gasteiger partial charge < -0.3 is 4.74 Å². The number of halogens is 1. The van der Waals surface area contributed by atoms with E-state index >= 15 is 0 Å². The number of benzene rings is 2. The number of carbonyl (C=O) groups excluding carboxylic acids is 2. The Kier molecular flexibility index (Phi) is 4.89. The smallest absolute Gasteiger partial charge is 0.338 e. The van der Waals surface area contributed by atoms with Crippen molar-refractivity contribution in [1.82, 2.24) is 15.0 Å². The molecule has 7 nitrogen and oxygen atoms in total. The fourth-order valence-corrected chi connectivity index (χ4v) is 3.59. The first-order valence-corrected chi connectivity index (χ1v) is 9.49. The van der Waals surface area contributed by atoms with Gasteiger partial charge in [0.05, 0.1) is 38.2 Å². The predicted molar refractivity (Wildman–Crippen MR) is 108 cm³/mol. The summed E-state index contributed by atoms with van der Waals surface area (Å²) >= 11 is 1.14. The Balaban J connectivity index is 1.41. The Morgan fingerprint density at radius 1 is 1.00 bits per heavy atom. The lowest BCUT2D eigenvalue weighted by atomic mass is 10.2. The molecule has 0 aliphatic heterocycles. The number of thiazole rings is 1. The molecule has 4 rings (SSSR count). The second-order valence-electron chi connectivity index (χ2n) is 6.35. The van der Waals surface area contributed by atoms with E-state index < -0.39 is 18.5 Å². The quantitative estimate of drug-likeness (QED) is 0.515. The van der Waals surface area contributed by atoms with Gasteiger partial charge in [-0.2, -0.15) is 0 Å². The highest BCUT2D eigenvalue weighted by Gasteiger charge is 2.14. The number of amides is 1. The van der Waals surface area contributed by atoms with E-state index in [4.69, 9.17) is 4.74 Å². The molecule has 29 heavy (non-hydrogen) atoms. The fourth-order valence-electron chi connectivity index (χ4n) is 2.68. The van der Waals surface area contributed by atoms with Gasteiger partial charge in [0, 0.05) is 0 Å². The lowest BCUT2D eigenvalue weighted by Crippen LogP contribution is -2.20. The molecule has 0 saturated heterocycles. The number of anilines is 1. The lowest BCUT2D eigenvalue weighted by molar-refractivity contribution is -0.119. The van der Waals surface area contributed by atoms with Gasteiger partial charge in [-0.3, -0.25) is 10.1 Å². The van der Waals surface area contributed by atoms with Crippen LogP contribution in [0.5, 0.6) is 0 Å². The maximum absolute atomic E-state index is 13.2. The summed E-state index contributed by atoms with van der Waals surface area (Å²) in [5, 5.41) is 2.85. The number of carbonyl (C=O) groups is 2. The maximum atomic E-state index is 13.2. The number of rotatable bonds is 4. The molecule has 0 unspecified atom stereocenters. The second kappa shape index (κ2) is 7.51. The molecule has 1 N–H and O–H groups in total. The van der Waals surface area contributed by atoms with E-state index in [9.17, 15) is 14.0 Å². The second-order valence-corrected chi connectivity index (χ2v) is 7.38. The number of ether oxygens (including phenoxy) is 1. The summed E-state index contributed by atoms with van der Waals surface area (Å²) in [6, 6.07) is 9.01. The van der Waals surface area contributed by atoms with Gasteiger partial charge >= 0.3 is 5.97 Å². The van der Waals surface area contributed by atoms with Gasteiger partial charge in [-0.05, 0) is 50.2 Å². The minimum Gasteiger partial charge on any atom is -0.452 e. The molecule has 0 bridgehead atoms. The molecule has 9 heteroatoms. The molecule has 146 valence electrons. The minimum atomic E-state index is -0.645. The van der Waals surface area contributed by atoms with Crippen molar-refractivity contribution in [3.63, 3.8) is 0 Å². The average molecular weight is 410 g/mol. The standard InChI is InChI=1S/C20H15FN4O3S/c1-10-11(2)23-16-7-12(3-5-14(16)22-10)19(27)28-9-18(26)25-20-24-15-6-4-13(21)8-17(15)29-20/h3-8H,9H2,1-2H3,(H,24,25,26). The SMILES string of the molecule is Cc1nc2ccc(C(=O)OCC(=O)Nc3nc4ccc(F)cc4s3)cc2nc1C. The summed E-state index contributed by atoms with van der Waals surface area (Å²) in [6.07, 6.45) is 0. The third-order valence-corrected chi connectivity index (χ3v) is 5.18. The third kappa shape index (κ3) is 4.04. The van der Waals surface area contributed by atoms with Gasteiger partial charge in [-0.25, -0.2) is 24.1 Å². The molecule has 0 atom stereocenters. The fraction of sp³-hybridized carbons (Fsp3) is 0.150. The number of fused-ring (bicyclic) bond motifs is 2. The number of aromatic nitrogens is 3. The normalized spacial score (nSPS) is 11.0. The van der Waals surface area contributed by atoms with E-state index in [2.05, 4.69) is 20.3 Å². The summed E-state index contributed by atoms with van der Waals surface area (Å²) < 4.78 is 18.9. The van der Waals surface area contributed by atoms with E-state index in [1.165, 1.54) is 18.2 Å². The van der Waals surface area contributed by atoms with Crippen LogP contribution in [-0.4, -0.2) is 33.4 Å². The maximum Gasteiger partial charge on any atom is 0.338 e. The zero-order valence-corrected chi connectivity index (χ0v) is 16.3. The molecule has 2 heterocycles. The van der Waals surface area contributed by atoms with Crippen LogP contribution >= 0.6 is 11.3 Å². The van der Waals surface area contributed by atoms with Crippen molar-refractivity contribution in [3.05, 3.63) is 59.2 Å². The number of aryl methyl sites for hydroxylation is 2. The number of esters is 1. The van der Waals surface area contributed by atoms with E-state index in [1.807, 2.05) is 13.8 Å². The van der Waals surface area contributed by atoms with Gasteiger partial charge in [0.25, 0.3) is 5.91 Å². The van der Waals surface area contributed by atoms with Crippen molar-refractivity contribution in [3.8, 4) is 0 Å². The van der Waals surface area contributed by atoms with Crippen molar-refractivity contribution in [2.24, 2.45) is 0 Å². The molecule has 0 radical (unpaired) electrons. The molecule has 0 aliphatic carbocycles. The number of hydrogen-bond acceptors (Lipinski definition) is 7. The van der Waals surface area contributed by atoms with Gasteiger partial charge in [0.1, 0.15) is 5.82 Å². The number of nitrogens with one attached hydrogen (secondary N) is 1. The van der Waals surface area contributed by atoms with Crippen LogP contribution in [0, 0.1) is 19.7 Å². The Bertz CT molecular complexity index is 1270. The Morgan fingerprint density at radius 2 is 1.72 bits per heavy atom. The summed E-state index contributed by atoms with van der Waals surface area (Å²) in [5.74, 6) is -1.56. The summed E-state index contributed by atoms with van der Waals surface area (Å²) in [7, 11) is 0. The van der Waals surface area contributed by atoms with Crippen LogP contribution in [0.15, 0.2) is 36.4 Å². The summed E-state index contributed by atoms with van der Waals surface area (Å²) in [4.78, 5) is 37.4. The summed E-state index contributed by atoms with van der Waals surface area (Å²) in [5.41, 5.74) is 3.70. The molecule has 0 fully saturated rings. The van der Waals surface area contributed by atoms with Crippen molar-refractivity contribution in [2.45, 2.75) is 13.8 Å². The minimum absolute atomic E-state index is 0.276. The molecule has 0 aliphatic rings. The highest BCUT2D eigenvalue weighted by atomic mass is 32.1. The Morgan fingerprint density at radius 3 is 2.52 bits per heavy atom. The van der Waals surface area contributed by atoms with Crippen LogP contribution in [-0.2, 0) is 9.53 Å². The van der Waals surface area contributed by atoms with Crippen LogP contribution in [0.2, 0.25) is 0 Å². The molecule has 0 saturated carbocycles. The van der Waals surface area contributed by atoms with Gasteiger partial charge in [-0.15, -0.1) is 0 Å². The molecule has 4 aromatic rings. The predicted octanol–water partition coefficient (Wildman–Crippen LogP) is 3.79. The molecule has 2 aromatic carbocycles. The van der Waals surface area contributed by atoms with Crippen molar-refractivity contribution in [2.75, 3.05) is 11.9 Å². The van der Waals surface area contributed by atoms with Crippen molar-refractivity contribution in [1.29, 1.82) is 0 Å². The molecular weight excluding hydrogens is 395 g/mol. The van der Waals surface area contributed by atoms with E-state index in [0.29, 0.717) is 26.4 Å². The zero-order valence-electron chi connectivity index (χ0n) is 15.5. The topological polar surface area (TPSA) is 94.1 Å².